The third kappa shape index (κ3) is 3.29. The van der Waals surface area contributed by atoms with Crippen LogP contribution >= 0.6 is 0 Å². The maximum absolute atomic E-state index is 11.8. The standard InChI is InChI=1S/C15H16N2O3/c1-10(2)17-15(18)12(9-16)7-11-3-4-13-14(8-11)20-6-5-19-13/h3-4,7-8,10H,5-6H2,1-2H3,(H,17,18)/b12-7+. The van der Waals surface area contributed by atoms with E-state index in [1.54, 1.807) is 18.2 Å². The number of nitrogens with one attached hydrogen (secondary N) is 1. The number of benzene rings is 1. The second kappa shape index (κ2) is 6.11. The van der Waals surface area contributed by atoms with Crippen molar-refractivity contribution in [1.82, 2.24) is 5.32 Å². The Morgan fingerprint density at radius 2 is 2.05 bits per heavy atom. The summed E-state index contributed by atoms with van der Waals surface area (Å²) in [4.78, 5) is 11.8. The van der Waals surface area contributed by atoms with E-state index in [0.29, 0.717) is 24.7 Å². The molecule has 1 aromatic carbocycles. The largest absolute Gasteiger partial charge is 0.486 e. The van der Waals surface area contributed by atoms with E-state index in [9.17, 15) is 4.79 Å². The Balaban J connectivity index is 2.24. The van der Waals surface area contributed by atoms with Crippen molar-refractivity contribution >= 4 is 12.0 Å². The molecule has 0 aliphatic carbocycles. The van der Waals surface area contributed by atoms with Crippen LogP contribution in [0.4, 0.5) is 0 Å². The third-order valence-electron chi connectivity index (χ3n) is 2.66. The molecule has 1 aliphatic heterocycles. The quantitative estimate of drug-likeness (QED) is 0.673. The topological polar surface area (TPSA) is 71.4 Å². The smallest absolute Gasteiger partial charge is 0.262 e. The first-order valence-corrected chi connectivity index (χ1v) is 6.42. The molecule has 20 heavy (non-hydrogen) atoms. The predicted octanol–water partition coefficient (Wildman–Crippen LogP) is 1.89. The first-order valence-electron chi connectivity index (χ1n) is 6.42. The zero-order valence-electron chi connectivity index (χ0n) is 11.5. The maximum atomic E-state index is 11.8. The van der Waals surface area contributed by atoms with Crippen molar-refractivity contribution < 1.29 is 14.3 Å². The van der Waals surface area contributed by atoms with E-state index in [1.807, 2.05) is 19.9 Å². The van der Waals surface area contributed by atoms with Gasteiger partial charge in [0.2, 0.25) is 0 Å². The Morgan fingerprint density at radius 1 is 1.35 bits per heavy atom. The van der Waals surface area contributed by atoms with E-state index in [-0.39, 0.29) is 17.5 Å². The lowest BCUT2D eigenvalue weighted by atomic mass is 10.1. The zero-order valence-corrected chi connectivity index (χ0v) is 11.5. The van der Waals surface area contributed by atoms with Crippen molar-refractivity contribution in [2.75, 3.05) is 13.2 Å². The van der Waals surface area contributed by atoms with Crippen LogP contribution in [0.5, 0.6) is 11.5 Å². The van der Waals surface area contributed by atoms with Crippen LogP contribution in [0.25, 0.3) is 6.08 Å². The number of rotatable bonds is 3. The predicted molar refractivity (Wildman–Crippen MR) is 74.3 cm³/mol. The van der Waals surface area contributed by atoms with E-state index in [4.69, 9.17) is 14.7 Å². The SMILES string of the molecule is CC(C)NC(=O)/C(C#N)=C/c1ccc2c(c1)OCCO2. The van der Waals surface area contributed by atoms with Crippen LogP contribution in [0.15, 0.2) is 23.8 Å². The molecule has 0 aromatic heterocycles. The molecule has 0 atom stereocenters. The van der Waals surface area contributed by atoms with Crippen LogP contribution < -0.4 is 14.8 Å². The van der Waals surface area contributed by atoms with Crippen molar-refractivity contribution in [2.24, 2.45) is 0 Å². The highest BCUT2D eigenvalue weighted by atomic mass is 16.6. The third-order valence-corrected chi connectivity index (χ3v) is 2.66. The number of fused-ring (bicyclic) bond motifs is 1. The molecule has 2 rings (SSSR count). The van der Waals surface area contributed by atoms with Gasteiger partial charge in [-0.1, -0.05) is 6.07 Å². The van der Waals surface area contributed by atoms with Crippen molar-refractivity contribution in [3.05, 3.63) is 29.3 Å². The summed E-state index contributed by atoms with van der Waals surface area (Å²) in [5.74, 6) is 0.933. The van der Waals surface area contributed by atoms with Crippen LogP contribution in [0, 0.1) is 11.3 Å². The Labute approximate surface area is 117 Å². The number of ether oxygens (including phenoxy) is 2. The Morgan fingerprint density at radius 3 is 2.70 bits per heavy atom. The number of hydrogen-bond donors (Lipinski definition) is 1. The molecule has 1 heterocycles. The molecular formula is C15H16N2O3. The minimum absolute atomic E-state index is 0.0143. The normalized spacial score (nSPS) is 13.8. The number of carbonyl (C=O) groups excluding carboxylic acids is 1. The molecule has 1 aromatic rings. The van der Waals surface area contributed by atoms with Gasteiger partial charge in [0, 0.05) is 6.04 Å². The second-order valence-electron chi connectivity index (χ2n) is 4.70. The fraction of sp³-hybridized carbons (Fsp3) is 0.333. The lowest BCUT2D eigenvalue weighted by molar-refractivity contribution is -0.117. The van der Waals surface area contributed by atoms with Crippen molar-refractivity contribution in [2.45, 2.75) is 19.9 Å². The summed E-state index contributed by atoms with van der Waals surface area (Å²) in [7, 11) is 0. The number of nitriles is 1. The van der Waals surface area contributed by atoms with Crippen molar-refractivity contribution in [1.29, 1.82) is 5.26 Å². The second-order valence-corrected chi connectivity index (χ2v) is 4.70. The summed E-state index contributed by atoms with van der Waals surface area (Å²) < 4.78 is 10.9. The van der Waals surface area contributed by atoms with Gasteiger partial charge in [-0.05, 0) is 37.6 Å². The average molecular weight is 272 g/mol. The number of carbonyl (C=O) groups is 1. The van der Waals surface area contributed by atoms with Gasteiger partial charge in [-0.15, -0.1) is 0 Å². The van der Waals surface area contributed by atoms with E-state index < -0.39 is 0 Å². The Hall–Kier alpha value is -2.48. The summed E-state index contributed by atoms with van der Waals surface area (Å²) in [6.45, 7) is 4.72. The number of hydrogen-bond acceptors (Lipinski definition) is 4. The molecule has 0 saturated carbocycles. The van der Waals surface area contributed by atoms with Gasteiger partial charge in [0.05, 0.1) is 0 Å². The maximum Gasteiger partial charge on any atom is 0.262 e. The van der Waals surface area contributed by atoms with Gasteiger partial charge in [-0.2, -0.15) is 5.26 Å². The van der Waals surface area contributed by atoms with Gasteiger partial charge in [-0.25, -0.2) is 0 Å². The van der Waals surface area contributed by atoms with Gasteiger partial charge < -0.3 is 14.8 Å². The molecule has 0 unspecified atom stereocenters. The molecule has 1 amide bonds. The Bertz CT molecular complexity index is 585. The van der Waals surface area contributed by atoms with Crippen LogP contribution in [0.3, 0.4) is 0 Å². The fourth-order valence-electron chi connectivity index (χ4n) is 1.80. The molecule has 1 aliphatic rings. The lowest BCUT2D eigenvalue weighted by Gasteiger charge is -2.18. The molecule has 0 fully saturated rings. The van der Waals surface area contributed by atoms with Gasteiger partial charge >= 0.3 is 0 Å². The highest BCUT2D eigenvalue weighted by molar-refractivity contribution is 6.01. The van der Waals surface area contributed by atoms with Crippen LogP contribution in [-0.2, 0) is 4.79 Å². The summed E-state index contributed by atoms with van der Waals surface area (Å²) in [6, 6.07) is 7.22. The molecule has 0 saturated heterocycles. The average Bonchev–Trinajstić information content (AvgIpc) is 2.43. The molecule has 5 nitrogen and oxygen atoms in total. The minimum atomic E-state index is -0.377. The Kier molecular flexibility index (Phi) is 4.26. The van der Waals surface area contributed by atoms with Gasteiger partial charge in [0.1, 0.15) is 24.9 Å². The molecule has 0 bridgehead atoms. The highest BCUT2D eigenvalue weighted by Gasteiger charge is 2.13. The fourth-order valence-corrected chi connectivity index (χ4v) is 1.80. The van der Waals surface area contributed by atoms with E-state index in [2.05, 4.69) is 5.32 Å². The monoisotopic (exact) mass is 272 g/mol. The van der Waals surface area contributed by atoms with Crippen molar-refractivity contribution in [3.63, 3.8) is 0 Å². The van der Waals surface area contributed by atoms with Crippen LogP contribution in [0.1, 0.15) is 19.4 Å². The molecule has 1 N–H and O–H groups in total. The minimum Gasteiger partial charge on any atom is -0.486 e. The zero-order chi connectivity index (χ0) is 14.5. The molecule has 0 radical (unpaired) electrons. The summed E-state index contributed by atoms with van der Waals surface area (Å²) in [5, 5.41) is 11.8. The number of amides is 1. The summed E-state index contributed by atoms with van der Waals surface area (Å²) in [5.41, 5.74) is 0.792. The molecule has 104 valence electrons. The molecule has 0 spiro atoms. The first kappa shape index (κ1) is 13.9. The van der Waals surface area contributed by atoms with E-state index >= 15 is 0 Å². The van der Waals surface area contributed by atoms with Gasteiger partial charge in [0.15, 0.2) is 11.5 Å². The molecular weight excluding hydrogens is 256 g/mol. The molecule has 5 heteroatoms. The van der Waals surface area contributed by atoms with Crippen molar-refractivity contribution in [3.8, 4) is 17.6 Å². The highest BCUT2D eigenvalue weighted by Crippen LogP contribution is 2.31. The number of nitrogens with zero attached hydrogens (tertiary/aromatic N) is 1. The van der Waals surface area contributed by atoms with E-state index in [1.165, 1.54) is 6.08 Å². The van der Waals surface area contributed by atoms with Crippen LogP contribution in [0.2, 0.25) is 0 Å². The summed E-state index contributed by atoms with van der Waals surface area (Å²) >= 11 is 0. The van der Waals surface area contributed by atoms with Crippen LogP contribution in [-0.4, -0.2) is 25.2 Å². The lowest BCUT2D eigenvalue weighted by Crippen LogP contribution is -2.30. The van der Waals surface area contributed by atoms with Gasteiger partial charge in [-0.3, -0.25) is 4.79 Å². The first-order chi connectivity index (χ1) is 9.60. The van der Waals surface area contributed by atoms with Gasteiger partial charge in [0.25, 0.3) is 5.91 Å². The summed E-state index contributed by atoms with van der Waals surface area (Å²) in [6.07, 6.45) is 1.54. The van der Waals surface area contributed by atoms with E-state index in [0.717, 1.165) is 5.56 Å².